The van der Waals surface area contributed by atoms with E-state index in [0.717, 1.165) is 47.1 Å². The quantitative estimate of drug-likeness (QED) is 0.787. The first-order chi connectivity index (χ1) is 10.8. The Morgan fingerprint density at radius 3 is 3.00 bits per heavy atom. The van der Waals surface area contributed by atoms with Gasteiger partial charge in [-0.1, -0.05) is 6.42 Å². The molecular weight excluding hydrogens is 300 g/mol. The van der Waals surface area contributed by atoms with Gasteiger partial charge in [0.2, 0.25) is 0 Å². The molecular formula is C16H14N2O3S. The number of carbonyl (C=O) groups is 1. The zero-order valence-corrected chi connectivity index (χ0v) is 12.6. The van der Waals surface area contributed by atoms with Crippen LogP contribution in [-0.2, 0) is 8.98 Å². The molecule has 0 aliphatic heterocycles. The van der Waals surface area contributed by atoms with E-state index in [1.807, 2.05) is 12.1 Å². The van der Waals surface area contributed by atoms with Crippen molar-refractivity contribution in [2.75, 3.05) is 6.61 Å². The molecule has 0 amide bonds. The van der Waals surface area contributed by atoms with E-state index in [0.29, 0.717) is 5.75 Å². The van der Waals surface area contributed by atoms with E-state index in [9.17, 15) is 4.79 Å². The number of hydrogen-bond donors (Lipinski definition) is 0. The highest BCUT2D eigenvalue weighted by Gasteiger charge is 2.27. The third-order valence-corrected chi connectivity index (χ3v) is 4.41. The third-order valence-electron chi connectivity index (χ3n) is 3.63. The molecule has 1 saturated carbocycles. The Morgan fingerprint density at radius 1 is 1.41 bits per heavy atom. The third kappa shape index (κ3) is 3.15. The fourth-order valence-corrected chi connectivity index (χ4v) is 2.85. The molecule has 0 N–H and O–H groups in total. The number of pyridine rings is 1. The lowest BCUT2D eigenvalue weighted by Crippen LogP contribution is -2.22. The van der Waals surface area contributed by atoms with Gasteiger partial charge in [0.25, 0.3) is 0 Å². The zero-order chi connectivity index (χ0) is 15.4. The maximum atomic E-state index is 11.8. The van der Waals surface area contributed by atoms with Crippen LogP contribution in [0, 0.1) is 17.2 Å². The first-order valence-corrected chi connectivity index (χ1v) is 7.79. The number of hydrogen-bond acceptors (Lipinski definition) is 6. The van der Waals surface area contributed by atoms with Crippen LogP contribution in [0.25, 0.3) is 10.9 Å². The molecule has 0 unspecified atom stereocenters. The minimum absolute atomic E-state index is 0.00902. The van der Waals surface area contributed by atoms with Crippen molar-refractivity contribution >= 4 is 28.9 Å². The van der Waals surface area contributed by atoms with Crippen LogP contribution in [0.5, 0.6) is 5.75 Å². The number of aromatic nitrogens is 1. The summed E-state index contributed by atoms with van der Waals surface area (Å²) in [6.07, 6.45) is 4.62. The number of benzene rings is 1. The number of ether oxygens (including phenoxy) is 1. The van der Waals surface area contributed by atoms with Crippen LogP contribution in [0.1, 0.15) is 19.3 Å². The van der Waals surface area contributed by atoms with Crippen molar-refractivity contribution in [2.45, 2.75) is 24.2 Å². The van der Waals surface area contributed by atoms with Crippen molar-refractivity contribution in [2.24, 2.45) is 5.92 Å². The highest BCUT2D eigenvalue weighted by atomic mass is 32.2. The lowest BCUT2D eigenvalue weighted by atomic mass is 9.86. The summed E-state index contributed by atoms with van der Waals surface area (Å²) in [5.41, 5.74) is 0.786. The number of nitrogens with zero attached hydrogens (tertiary/aromatic N) is 2. The maximum absolute atomic E-state index is 11.8. The van der Waals surface area contributed by atoms with Gasteiger partial charge < -0.3 is 8.92 Å². The van der Waals surface area contributed by atoms with E-state index in [1.54, 1.807) is 24.4 Å². The first-order valence-electron chi connectivity index (χ1n) is 7.05. The minimum atomic E-state index is -0.155. The van der Waals surface area contributed by atoms with Crippen molar-refractivity contribution in [3.05, 3.63) is 30.5 Å². The minimum Gasteiger partial charge on any atom is -0.479 e. The summed E-state index contributed by atoms with van der Waals surface area (Å²) in [6.45, 7) is -0.00902. The molecule has 22 heavy (non-hydrogen) atoms. The molecule has 1 fully saturated rings. The summed E-state index contributed by atoms with van der Waals surface area (Å²) in [7, 11) is 0. The number of fused-ring (bicyclic) bond motifs is 1. The predicted molar refractivity (Wildman–Crippen MR) is 82.1 cm³/mol. The fourth-order valence-electron chi connectivity index (χ4n) is 2.18. The van der Waals surface area contributed by atoms with Gasteiger partial charge in [0.05, 0.1) is 28.4 Å². The molecule has 1 aliphatic carbocycles. The van der Waals surface area contributed by atoms with Gasteiger partial charge in [0.15, 0.2) is 6.61 Å². The van der Waals surface area contributed by atoms with Gasteiger partial charge in [-0.15, -0.1) is 0 Å². The molecule has 6 heteroatoms. The number of nitriles is 1. The maximum Gasteiger partial charge on any atom is 0.321 e. The molecule has 0 saturated heterocycles. The van der Waals surface area contributed by atoms with E-state index in [4.69, 9.17) is 14.2 Å². The highest BCUT2D eigenvalue weighted by Crippen LogP contribution is 2.33. The van der Waals surface area contributed by atoms with Crippen LogP contribution in [0.3, 0.4) is 0 Å². The standard InChI is InChI=1S/C16H14N2O3S/c17-7-9-20-12-4-5-14-13(10-12)15(6-8-18-14)22-21-16(19)11-2-1-3-11/h4-6,8,10-11H,1-3,9H2. The Kier molecular flexibility index (Phi) is 4.45. The van der Waals surface area contributed by atoms with Gasteiger partial charge >= 0.3 is 5.97 Å². The summed E-state index contributed by atoms with van der Waals surface area (Å²) in [6, 6.07) is 9.12. The monoisotopic (exact) mass is 314 g/mol. The second kappa shape index (κ2) is 6.67. The molecule has 1 aliphatic rings. The molecule has 5 nitrogen and oxygen atoms in total. The van der Waals surface area contributed by atoms with Gasteiger partial charge in [0.1, 0.15) is 11.8 Å². The number of carbonyl (C=O) groups excluding carboxylic acids is 1. The lowest BCUT2D eigenvalue weighted by molar-refractivity contribution is -0.140. The Labute approximate surface area is 132 Å². The van der Waals surface area contributed by atoms with E-state index >= 15 is 0 Å². The zero-order valence-electron chi connectivity index (χ0n) is 11.8. The first kappa shape index (κ1) is 14.7. The molecule has 0 atom stereocenters. The second-order valence-corrected chi connectivity index (χ2v) is 5.82. The normalized spacial score (nSPS) is 14.1. The van der Waals surface area contributed by atoms with Crippen LogP contribution in [0.4, 0.5) is 0 Å². The summed E-state index contributed by atoms with van der Waals surface area (Å²) in [5.74, 6) is 0.488. The molecule has 3 rings (SSSR count). The van der Waals surface area contributed by atoms with Crippen LogP contribution < -0.4 is 4.74 Å². The smallest absolute Gasteiger partial charge is 0.321 e. The van der Waals surface area contributed by atoms with Crippen LogP contribution >= 0.6 is 12.0 Å². The van der Waals surface area contributed by atoms with Gasteiger partial charge in [-0.2, -0.15) is 5.26 Å². The van der Waals surface area contributed by atoms with Crippen molar-refractivity contribution in [1.82, 2.24) is 4.98 Å². The van der Waals surface area contributed by atoms with Crippen molar-refractivity contribution in [1.29, 1.82) is 5.26 Å². The van der Waals surface area contributed by atoms with Gasteiger partial charge in [0, 0.05) is 11.6 Å². The van der Waals surface area contributed by atoms with E-state index in [1.165, 1.54) is 0 Å². The lowest BCUT2D eigenvalue weighted by Gasteiger charge is -2.22. The summed E-state index contributed by atoms with van der Waals surface area (Å²) >= 11 is 1.06. The largest absolute Gasteiger partial charge is 0.479 e. The SMILES string of the molecule is N#CCOc1ccc2nccc(SOC(=O)C3CCC3)c2c1. The van der Waals surface area contributed by atoms with E-state index in [2.05, 4.69) is 4.98 Å². The molecule has 0 spiro atoms. The van der Waals surface area contributed by atoms with Gasteiger partial charge in [-0.05, 0) is 37.1 Å². The van der Waals surface area contributed by atoms with Gasteiger partial charge in [-0.25, -0.2) is 0 Å². The molecule has 0 bridgehead atoms. The van der Waals surface area contributed by atoms with Crippen LogP contribution in [0.15, 0.2) is 35.4 Å². The van der Waals surface area contributed by atoms with E-state index < -0.39 is 0 Å². The highest BCUT2D eigenvalue weighted by molar-refractivity contribution is 7.95. The van der Waals surface area contributed by atoms with E-state index in [-0.39, 0.29) is 18.5 Å². The van der Waals surface area contributed by atoms with Gasteiger partial charge in [-0.3, -0.25) is 9.78 Å². The number of rotatable bonds is 5. The van der Waals surface area contributed by atoms with Crippen LogP contribution in [-0.4, -0.2) is 17.6 Å². The Morgan fingerprint density at radius 2 is 2.27 bits per heavy atom. The van der Waals surface area contributed by atoms with Crippen molar-refractivity contribution in [3.63, 3.8) is 0 Å². The van der Waals surface area contributed by atoms with Crippen LogP contribution in [0.2, 0.25) is 0 Å². The Bertz CT molecular complexity index is 738. The average Bonchev–Trinajstić information content (AvgIpc) is 2.49. The van der Waals surface area contributed by atoms with Crippen molar-refractivity contribution in [3.8, 4) is 11.8 Å². The predicted octanol–water partition coefficient (Wildman–Crippen LogP) is 3.49. The summed E-state index contributed by atoms with van der Waals surface area (Å²) < 4.78 is 10.6. The fraction of sp³-hybridized carbons (Fsp3) is 0.312. The topological polar surface area (TPSA) is 72.2 Å². The molecule has 2 aromatic rings. The Balaban J connectivity index is 1.78. The molecule has 1 aromatic heterocycles. The second-order valence-electron chi connectivity index (χ2n) is 5.05. The van der Waals surface area contributed by atoms with Crippen molar-refractivity contribution < 1.29 is 13.7 Å². The summed E-state index contributed by atoms with van der Waals surface area (Å²) in [4.78, 5) is 16.9. The average molecular weight is 314 g/mol. The summed E-state index contributed by atoms with van der Waals surface area (Å²) in [5, 5.41) is 9.41. The molecule has 0 radical (unpaired) electrons. The Hall–Kier alpha value is -2.26. The molecule has 1 aromatic carbocycles. The molecule has 112 valence electrons. The molecule has 1 heterocycles.